The number of benzene rings is 1. The fraction of sp³-hybridized carbons (Fsp3) is 0.389. The lowest BCUT2D eigenvalue weighted by atomic mass is 10.1. The number of furan rings is 1. The van der Waals surface area contributed by atoms with Crippen LogP contribution in [-0.2, 0) is 18.3 Å². The summed E-state index contributed by atoms with van der Waals surface area (Å²) >= 11 is 0. The molecule has 2 aromatic heterocycles. The molecule has 0 radical (unpaired) electrons. The average molecular weight is 327 g/mol. The van der Waals surface area contributed by atoms with E-state index in [9.17, 15) is 0 Å². The normalized spacial score (nSPS) is 20.8. The van der Waals surface area contributed by atoms with Crippen LogP contribution in [0.2, 0.25) is 0 Å². The van der Waals surface area contributed by atoms with Crippen molar-refractivity contribution in [3.63, 3.8) is 0 Å². The largest absolute Gasteiger partial charge is 0.497 e. The van der Waals surface area contributed by atoms with E-state index < -0.39 is 0 Å². The zero-order chi connectivity index (χ0) is 16.5. The van der Waals surface area contributed by atoms with E-state index >= 15 is 0 Å². The second kappa shape index (κ2) is 6.30. The number of hydrogen-bond acceptors (Lipinski definition) is 5. The van der Waals surface area contributed by atoms with Crippen molar-refractivity contribution in [1.29, 1.82) is 0 Å². The minimum atomic E-state index is 0.0296. The van der Waals surface area contributed by atoms with Gasteiger partial charge >= 0.3 is 0 Å². The maximum absolute atomic E-state index is 5.90. The summed E-state index contributed by atoms with van der Waals surface area (Å²) in [6.45, 7) is 1.42. The Morgan fingerprint density at radius 3 is 3.04 bits per heavy atom. The van der Waals surface area contributed by atoms with Crippen LogP contribution in [-0.4, -0.2) is 29.5 Å². The maximum atomic E-state index is 5.90. The van der Waals surface area contributed by atoms with Crippen LogP contribution in [0.3, 0.4) is 0 Å². The van der Waals surface area contributed by atoms with Crippen LogP contribution < -0.4 is 10.1 Å². The molecule has 3 heterocycles. The molecular formula is C18H21N3O3. The van der Waals surface area contributed by atoms with Crippen LogP contribution >= 0.6 is 0 Å². The van der Waals surface area contributed by atoms with Crippen molar-refractivity contribution in [2.24, 2.45) is 7.05 Å². The van der Waals surface area contributed by atoms with Crippen molar-refractivity contribution in [3.05, 3.63) is 48.0 Å². The number of aromatic nitrogens is 2. The molecule has 0 aliphatic carbocycles. The van der Waals surface area contributed by atoms with E-state index in [4.69, 9.17) is 13.9 Å². The highest BCUT2D eigenvalue weighted by atomic mass is 16.5. The predicted molar refractivity (Wildman–Crippen MR) is 89.9 cm³/mol. The number of rotatable bonds is 5. The standard InChI is InChI=1S/C18H21N3O3/c1-21-16(5-7-20-21)18-15(6-8-23-18)19-11-14-10-12-9-13(22-2)3-4-17(12)24-14/h3-5,7,9-10,15,18-19H,6,8,11H2,1-2H3/t15-,18-/m0/s1. The highest BCUT2D eigenvalue weighted by molar-refractivity contribution is 5.79. The topological polar surface area (TPSA) is 61.4 Å². The summed E-state index contributed by atoms with van der Waals surface area (Å²) in [7, 11) is 3.61. The molecule has 0 unspecified atom stereocenters. The van der Waals surface area contributed by atoms with Crippen LogP contribution in [0.25, 0.3) is 11.0 Å². The third-order valence-corrected chi connectivity index (χ3v) is 4.56. The fourth-order valence-corrected chi connectivity index (χ4v) is 3.28. The highest BCUT2D eigenvalue weighted by Gasteiger charge is 2.31. The summed E-state index contributed by atoms with van der Waals surface area (Å²) in [5.41, 5.74) is 1.97. The van der Waals surface area contributed by atoms with E-state index in [-0.39, 0.29) is 12.1 Å². The van der Waals surface area contributed by atoms with Gasteiger partial charge in [0.25, 0.3) is 0 Å². The minimum absolute atomic E-state index is 0.0296. The summed E-state index contributed by atoms with van der Waals surface area (Å²) in [4.78, 5) is 0. The summed E-state index contributed by atoms with van der Waals surface area (Å²) in [6.07, 6.45) is 2.81. The Morgan fingerprint density at radius 1 is 1.33 bits per heavy atom. The first kappa shape index (κ1) is 15.2. The number of hydrogen-bond donors (Lipinski definition) is 1. The number of ether oxygens (including phenoxy) is 2. The van der Waals surface area contributed by atoms with E-state index in [1.165, 1.54) is 0 Å². The number of fused-ring (bicyclic) bond motifs is 1. The second-order valence-corrected chi connectivity index (χ2v) is 6.06. The third kappa shape index (κ3) is 2.79. The van der Waals surface area contributed by atoms with Crippen molar-refractivity contribution in [1.82, 2.24) is 15.1 Å². The first-order valence-corrected chi connectivity index (χ1v) is 8.14. The summed E-state index contributed by atoms with van der Waals surface area (Å²) in [5.74, 6) is 1.75. The van der Waals surface area contributed by atoms with Gasteiger partial charge in [-0.15, -0.1) is 0 Å². The number of nitrogens with zero attached hydrogens (tertiary/aromatic N) is 2. The smallest absolute Gasteiger partial charge is 0.134 e. The molecule has 6 nitrogen and oxygen atoms in total. The van der Waals surface area contributed by atoms with E-state index in [0.717, 1.165) is 41.2 Å². The van der Waals surface area contributed by atoms with Gasteiger partial charge in [0.1, 0.15) is 23.2 Å². The van der Waals surface area contributed by atoms with E-state index in [1.807, 2.05) is 36.0 Å². The van der Waals surface area contributed by atoms with Gasteiger partial charge in [0.05, 0.1) is 19.3 Å². The van der Waals surface area contributed by atoms with Gasteiger partial charge < -0.3 is 19.2 Å². The van der Waals surface area contributed by atoms with Gasteiger partial charge in [-0.05, 0) is 36.8 Å². The Labute approximate surface area is 140 Å². The Hall–Kier alpha value is -2.31. The Morgan fingerprint density at radius 2 is 2.25 bits per heavy atom. The predicted octanol–water partition coefficient (Wildman–Crippen LogP) is 2.79. The molecular weight excluding hydrogens is 306 g/mol. The molecule has 1 fully saturated rings. The quantitative estimate of drug-likeness (QED) is 0.781. The molecule has 3 aromatic rings. The molecule has 1 aromatic carbocycles. The molecule has 1 saturated heterocycles. The summed E-state index contributed by atoms with van der Waals surface area (Å²) < 4.78 is 18.9. The molecule has 0 spiro atoms. The zero-order valence-corrected chi connectivity index (χ0v) is 13.9. The minimum Gasteiger partial charge on any atom is -0.497 e. The fourth-order valence-electron chi connectivity index (χ4n) is 3.28. The van der Waals surface area contributed by atoms with Gasteiger partial charge in [0.15, 0.2) is 0 Å². The van der Waals surface area contributed by atoms with Crippen molar-refractivity contribution in [2.45, 2.75) is 25.1 Å². The number of aryl methyl sites for hydroxylation is 1. The number of methoxy groups -OCH3 is 1. The van der Waals surface area contributed by atoms with Crippen LogP contribution in [0.5, 0.6) is 5.75 Å². The van der Waals surface area contributed by atoms with Gasteiger partial charge in [-0.25, -0.2) is 0 Å². The molecule has 2 atom stereocenters. The van der Waals surface area contributed by atoms with Crippen molar-refractivity contribution < 1.29 is 13.9 Å². The first-order valence-electron chi connectivity index (χ1n) is 8.14. The molecule has 6 heteroatoms. The molecule has 0 bridgehead atoms. The van der Waals surface area contributed by atoms with Gasteiger partial charge in [-0.2, -0.15) is 5.10 Å². The maximum Gasteiger partial charge on any atom is 0.134 e. The highest BCUT2D eigenvalue weighted by Crippen LogP contribution is 2.29. The second-order valence-electron chi connectivity index (χ2n) is 6.06. The van der Waals surface area contributed by atoms with Crippen molar-refractivity contribution >= 4 is 11.0 Å². The molecule has 1 N–H and O–H groups in total. The first-order chi connectivity index (χ1) is 11.7. The van der Waals surface area contributed by atoms with E-state index in [2.05, 4.69) is 16.5 Å². The van der Waals surface area contributed by atoms with Crippen LogP contribution in [0.4, 0.5) is 0 Å². The lowest BCUT2D eigenvalue weighted by molar-refractivity contribution is 0.0916. The third-order valence-electron chi connectivity index (χ3n) is 4.56. The van der Waals surface area contributed by atoms with Gasteiger partial charge in [-0.1, -0.05) is 0 Å². The zero-order valence-electron chi connectivity index (χ0n) is 13.9. The van der Waals surface area contributed by atoms with Gasteiger partial charge in [-0.3, -0.25) is 4.68 Å². The molecule has 4 rings (SSSR count). The lowest BCUT2D eigenvalue weighted by Crippen LogP contribution is -2.32. The van der Waals surface area contributed by atoms with Crippen LogP contribution in [0, 0.1) is 0 Å². The Kier molecular flexibility index (Phi) is 4.00. The molecule has 1 aliphatic heterocycles. The SMILES string of the molecule is COc1ccc2oc(CN[C@H]3CCO[C@@H]3c3ccnn3C)cc2c1. The molecule has 0 saturated carbocycles. The monoisotopic (exact) mass is 327 g/mol. The number of nitrogens with one attached hydrogen (secondary N) is 1. The molecule has 0 amide bonds. The van der Waals surface area contributed by atoms with Crippen molar-refractivity contribution in [2.75, 3.05) is 13.7 Å². The summed E-state index contributed by atoms with van der Waals surface area (Å²) in [6, 6.07) is 10.2. The van der Waals surface area contributed by atoms with Crippen molar-refractivity contribution in [3.8, 4) is 5.75 Å². The van der Waals surface area contributed by atoms with E-state index in [1.54, 1.807) is 13.3 Å². The van der Waals surface area contributed by atoms with E-state index in [0.29, 0.717) is 6.54 Å². The molecule has 126 valence electrons. The molecule has 1 aliphatic rings. The summed E-state index contributed by atoms with van der Waals surface area (Å²) in [5, 5.41) is 8.85. The Balaban J connectivity index is 1.47. The lowest BCUT2D eigenvalue weighted by Gasteiger charge is -2.19. The van der Waals surface area contributed by atoms with Crippen LogP contribution in [0.1, 0.15) is 24.0 Å². The average Bonchev–Trinajstić information content (AvgIpc) is 3.30. The van der Waals surface area contributed by atoms with Gasteiger partial charge in [0, 0.05) is 31.3 Å². The molecule has 24 heavy (non-hydrogen) atoms. The van der Waals surface area contributed by atoms with Crippen LogP contribution in [0.15, 0.2) is 40.9 Å². The Bertz CT molecular complexity index is 839. The van der Waals surface area contributed by atoms with Gasteiger partial charge in [0.2, 0.25) is 0 Å².